The predicted molar refractivity (Wildman–Crippen MR) is 91.4 cm³/mol. The van der Waals surface area contributed by atoms with Crippen molar-refractivity contribution in [3.8, 4) is 16.9 Å². The molecule has 1 aliphatic rings. The molecule has 0 saturated carbocycles. The van der Waals surface area contributed by atoms with E-state index < -0.39 is 0 Å². The summed E-state index contributed by atoms with van der Waals surface area (Å²) in [4.78, 5) is 13.9. The fourth-order valence-corrected chi connectivity index (χ4v) is 4.21. The summed E-state index contributed by atoms with van der Waals surface area (Å²) in [5.74, 6) is 0.656. The highest BCUT2D eigenvalue weighted by atomic mass is 35.5. The maximum atomic E-state index is 12.7. The number of aromatic amines is 1. The van der Waals surface area contributed by atoms with Gasteiger partial charge in [0.2, 0.25) is 0 Å². The van der Waals surface area contributed by atoms with Crippen molar-refractivity contribution in [1.82, 2.24) is 9.78 Å². The summed E-state index contributed by atoms with van der Waals surface area (Å²) in [6.45, 7) is 0. The Morgan fingerprint density at radius 2 is 1.82 bits per heavy atom. The SMILES string of the molecule is O=c1c2c([nH]n1-c1cc(Cl)cc(Cl)c1)-c1ccccc1SC2. The maximum absolute atomic E-state index is 12.7. The lowest BCUT2D eigenvalue weighted by Crippen LogP contribution is -2.17. The minimum absolute atomic E-state index is 0.0599. The smallest absolute Gasteiger partial charge is 0.275 e. The molecular weight excluding hydrogens is 339 g/mol. The van der Waals surface area contributed by atoms with E-state index in [1.807, 2.05) is 18.2 Å². The summed E-state index contributed by atoms with van der Waals surface area (Å²) in [6, 6.07) is 13.1. The van der Waals surface area contributed by atoms with E-state index in [4.69, 9.17) is 23.2 Å². The van der Waals surface area contributed by atoms with Crippen molar-refractivity contribution in [3.63, 3.8) is 0 Å². The van der Waals surface area contributed by atoms with Crippen molar-refractivity contribution >= 4 is 35.0 Å². The second-order valence-corrected chi connectivity index (χ2v) is 6.91. The summed E-state index contributed by atoms with van der Waals surface area (Å²) >= 11 is 13.8. The minimum Gasteiger partial charge on any atom is -0.290 e. The molecule has 0 fully saturated rings. The Labute approximate surface area is 140 Å². The molecule has 6 heteroatoms. The molecule has 0 spiro atoms. The molecule has 110 valence electrons. The molecule has 22 heavy (non-hydrogen) atoms. The molecule has 3 nitrogen and oxygen atoms in total. The first kappa shape index (κ1) is 14.0. The lowest BCUT2D eigenvalue weighted by molar-refractivity contribution is 0.850. The molecular formula is C16H10Cl2N2OS. The molecule has 0 amide bonds. The first-order chi connectivity index (χ1) is 10.6. The average molecular weight is 349 g/mol. The van der Waals surface area contributed by atoms with E-state index in [2.05, 4.69) is 11.2 Å². The van der Waals surface area contributed by atoms with Gasteiger partial charge in [0, 0.05) is 26.3 Å². The zero-order valence-electron chi connectivity index (χ0n) is 11.3. The van der Waals surface area contributed by atoms with Crippen LogP contribution in [0.4, 0.5) is 0 Å². The number of aromatic nitrogens is 2. The van der Waals surface area contributed by atoms with Crippen LogP contribution in [0.3, 0.4) is 0 Å². The van der Waals surface area contributed by atoms with Crippen LogP contribution in [-0.4, -0.2) is 9.78 Å². The molecule has 2 aromatic carbocycles. The van der Waals surface area contributed by atoms with Crippen molar-refractivity contribution in [1.29, 1.82) is 0 Å². The van der Waals surface area contributed by atoms with Gasteiger partial charge in [0.25, 0.3) is 5.56 Å². The first-order valence-electron chi connectivity index (χ1n) is 6.66. The Bertz CT molecular complexity index is 925. The lowest BCUT2D eigenvalue weighted by atomic mass is 10.1. The normalized spacial score (nSPS) is 12.8. The number of halogens is 2. The molecule has 0 aliphatic carbocycles. The third kappa shape index (κ3) is 2.19. The van der Waals surface area contributed by atoms with Crippen LogP contribution in [0.1, 0.15) is 5.56 Å². The molecule has 0 bridgehead atoms. The van der Waals surface area contributed by atoms with Gasteiger partial charge in [-0.15, -0.1) is 11.8 Å². The van der Waals surface area contributed by atoms with Gasteiger partial charge >= 0.3 is 0 Å². The molecule has 1 aliphatic heterocycles. The second-order valence-electron chi connectivity index (χ2n) is 5.02. The number of H-pyrrole nitrogens is 1. The van der Waals surface area contributed by atoms with Crippen molar-refractivity contribution in [2.24, 2.45) is 0 Å². The topological polar surface area (TPSA) is 37.8 Å². The molecule has 1 N–H and O–H groups in total. The molecule has 3 aromatic rings. The van der Waals surface area contributed by atoms with E-state index >= 15 is 0 Å². The third-order valence-electron chi connectivity index (χ3n) is 3.62. The van der Waals surface area contributed by atoms with Crippen molar-refractivity contribution in [2.45, 2.75) is 10.6 Å². The number of hydrogen-bond donors (Lipinski definition) is 1. The first-order valence-corrected chi connectivity index (χ1v) is 8.40. The summed E-state index contributed by atoms with van der Waals surface area (Å²) < 4.78 is 1.51. The van der Waals surface area contributed by atoms with E-state index in [0.717, 1.165) is 16.8 Å². The number of thioether (sulfide) groups is 1. The fourth-order valence-electron chi connectivity index (χ4n) is 2.63. The van der Waals surface area contributed by atoms with Crippen LogP contribution in [0.25, 0.3) is 16.9 Å². The number of hydrogen-bond acceptors (Lipinski definition) is 2. The minimum atomic E-state index is -0.0599. The highest BCUT2D eigenvalue weighted by Gasteiger charge is 2.23. The van der Waals surface area contributed by atoms with Gasteiger partial charge in [-0.1, -0.05) is 41.4 Å². The maximum Gasteiger partial charge on any atom is 0.275 e. The van der Waals surface area contributed by atoms with Crippen LogP contribution in [0.5, 0.6) is 0 Å². The van der Waals surface area contributed by atoms with Crippen LogP contribution in [-0.2, 0) is 5.75 Å². The Morgan fingerprint density at radius 1 is 1.09 bits per heavy atom. The Balaban J connectivity index is 1.95. The number of nitrogens with one attached hydrogen (secondary N) is 1. The molecule has 0 saturated heterocycles. The molecule has 4 rings (SSSR count). The summed E-state index contributed by atoms with van der Waals surface area (Å²) in [7, 11) is 0. The highest BCUT2D eigenvalue weighted by Crippen LogP contribution is 2.39. The van der Waals surface area contributed by atoms with Gasteiger partial charge in [0.15, 0.2) is 0 Å². The van der Waals surface area contributed by atoms with E-state index in [1.54, 1.807) is 30.0 Å². The van der Waals surface area contributed by atoms with E-state index in [-0.39, 0.29) is 5.56 Å². The van der Waals surface area contributed by atoms with Gasteiger partial charge in [-0.05, 0) is 24.3 Å². The van der Waals surface area contributed by atoms with E-state index in [9.17, 15) is 4.79 Å². The number of nitrogens with zero attached hydrogens (tertiary/aromatic N) is 1. The Hall–Kier alpha value is -1.62. The summed E-state index contributed by atoms with van der Waals surface area (Å²) in [5, 5.41) is 4.20. The zero-order chi connectivity index (χ0) is 15.3. The van der Waals surface area contributed by atoms with Gasteiger partial charge in [-0.3, -0.25) is 9.89 Å². The van der Waals surface area contributed by atoms with Crippen molar-refractivity contribution in [3.05, 3.63) is 68.4 Å². The van der Waals surface area contributed by atoms with Gasteiger partial charge in [0.05, 0.1) is 16.9 Å². The van der Waals surface area contributed by atoms with E-state index in [1.165, 1.54) is 9.58 Å². The number of benzene rings is 2. The molecule has 1 aromatic heterocycles. The van der Waals surface area contributed by atoms with Gasteiger partial charge < -0.3 is 0 Å². The Kier molecular flexibility index (Phi) is 3.33. The monoisotopic (exact) mass is 348 g/mol. The van der Waals surface area contributed by atoms with Crippen LogP contribution in [0.2, 0.25) is 10.0 Å². The lowest BCUT2D eigenvalue weighted by Gasteiger charge is -2.13. The predicted octanol–water partition coefficient (Wildman–Crippen LogP) is 4.75. The largest absolute Gasteiger partial charge is 0.290 e. The quantitative estimate of drug-likeness (QED) is 0.689. The van der Waals surface area contributed by atoms with Crippen LogP contribution < -0.4 is 5.56 Å². The Morgan fingerprint density at radius 3 is 2.59 bits per heavy atom. The zero-order valence-corrected chi connectivity index (χ0v) is 13.6. The third-order valence-corrected chi connectivity index (χ3v) is 5.16. The number of rotatable bonds is 1. The van der Waals surface area contributed by atoms with E-state index in [0.29, 0.717) is 21.5 Å². The fraction of sp³-hybridized carbons (Fsp3) is 0.0625. The van der Waals surface area contributed by atoms with Crippen LogP contribution >= 0.6 is 35.0 Å². The van der Waals surface area contributed by atoms with Crippen molar-refractivity contribution in [2.75, 3.05) is 0 Å². The van der Waals surface area contributed by atoms with Crippen LogP contribution in [0.15, 0.2) is 52.2 Å². The van der Waals surface area contributed by atoms with Gasteiger partial charge in [0.1, 0.15) is 0 Å². The molecule has 0 unspecified atom stereocenters. The van der Waals surface area contributed by atoms with Crippen molar-refractivity contribution < 1.29 is 0 Å². The second kappa shape index (κ2) is 5.23. The standard InChI is InChI=1S/C16H10Cl2N2OS/c17-9-5-10(18)7-11(6-9)20-16(21)13-8-22-14-4-2-1-3-12(14)15(13)19-20/h1-7,19H,8H2. The highest BCUT2D eigenvalue weighted by molar-refractivity contribution is 7.98. The van der Waals surface area contributed by atoms with Gasteiger partial charge in [-0.2, -0.15) is 0 Å². The van der Waals surface area contributed by atoms with Gasteiger partial charge in [-0.25, -0.2) is 4.68 Å². The van der Waals surface area contributed by atoms with Crippen LogP contribution in [0, 0.1) is 0 Å². The molecule has 2 heterocycles. The molecule has 0 atom stereocenters. The summed E-state index contributed by atoms with van der Waals surface area (Å²) in [5.41, 5.74) is 3.28. The molecule has 0 radical (unpaired) electrons. The number of fused-ring (bicyclic) bond motifs is 3. The average Bonchev–Trinajstić information content (AvgIpc) is 2.84. The summed E-state index contributed by atoms with van der Waals surface area (Å²) in [6.07, 6.45) is 0.